The number of hydrogen-bond donors (Lipinski definition) is 2. The molecule has 9 heteroatoms. The van der Waals surface area contributed by atoms with E-state index in [1.54, 1.807) is 24.3 Å². The highest BCUT2D eigenvalue weighted by atomic mass is 35.5. The quantitative estimate of drug-likeness (QED) is 0.584. The van der Waals surface area contributed by atoms with Crippen LogP contribution in [0.25, 0.3) is 5.65 Å². The molecule has 2 aromatic heterocycles. The fourth-order valence-corrected chi connectivity index (χ4v) is 4.32. The lowest BCUT2D eigenvalue weighted by atomic mass is 9.85. The minimum absolute atomic E-state index is 0.0740. The van der Waals surface area contributed by atoms with Crippen molar-refractivity contribution in [1.29, 1.82) is 0 Å². The van der Waals surface area contributed by atoms with E-state index in [0.717, 1.165) is 17.2 Å². The minimum Gasteiger partial charge on any atom is -0.354 e. The van der Waals surface area contributed by atoms with Crippen LogP contribution in [-0.2, 0) is 4.79 Å². The lowest BCUT2D eigenvalue weighted by Crippen LogP contribution is -2.59. The highest BCUT2D eigenvalue weighted by Gasteiger charge is 2.37. The van der Waals surface area contributed by atoms with Crippen LogP contribution in [0.5, 0.6) is 0 Å². The molecule has 3 amide bonds. The summed E-state index contributed by atoms with van der Waals surface area (Å²) in [5, 5.41) is 6.26. The molecule has 0 saturated carbocycles. The number of nitrogens with one attached hydrogen (secondary N) is 2. The molecule has 0 spiro atoms. The number of carbonyl (C=O) groups is 2. The Morgan fingerprint density at radius 2 is 1.71 bits per heavy atom. The van der Waals surface area contributed by atoms with E-state index in [-0.39, 0.29) is 5.91 Å². The Balaban J connectivity index is 1.41. The fraction of sp³-hybridized carbons (Fsp3) is 0.400. The summed E-state index contributed by atoms with van der Waals surface area (Å²) in [5.41, 5.74) is 2.04. The standard InChI is InChI=1S/C25H31ClN6O2/c1-17-16-32-20(27-17)6-5-7-21(32)30-12-14-31(15-13-30)23(33)22(25(2,3)4)29-24(34)28-19-10-8-18(26)9-11-19/h5-11,16,22H,12-15H2,1-4H3,(H2,28,29,34). The monoisotopic (exact) mass is 482 g/mol. The van der Waals surface area contributed by atoms with E-state index >= 15 is 0 Å². The highest BCUT2D eigenvalue weighted by molar-refractivity contribution is 6.30. The van der Waals surface area contributed by atoms with E-state index in [2.05, 4.69) is 31.0 Å². The number of anilines is 2. The van der Waals surface area contributed by atoms with Gasteiger partial charge in [0.25, 0.3) is 0 Å². The average Bonchev–Trinajstić information content (AvgIpc) is 3.18. The van der Waals surface area contributed by atoms with Gasteiger partial charge in [0.1, 0.15) is 17.5 Å². The first kappa shape index (κ1) is 23.9. The van der Waals surface area contributed by atoms with Crippen molar-refractivity contribution >= 4 is 40.7 Å². The molecule has 4 rings (SSSR count). The SMILES string of the molecule is Cc1cn2c(N3CCN(C(=O)C(NC(=O)Nc4ccc(Cl)cc4)C(C)(C)C)CC3)cccc2n1. The van der Waals surface area contributed by atoms with Crippen LogP contribution in [0.4, 0.5) is 16.3 Å². The summed E-state index contributed by atoms with van der Waals surface area (Å²) in [7, 11) is 0. The Hall–Kier alpha value is -3.26. The molecule has 8 nitrogen and oxygen atoms in total. The predicted molar refractivity (Wildman–Crippen MR) is 136 cm³/mol. The van der Waals surface area contributed by atoms with Gasteiger partial charge in [0.15, 0.2) is 0 Å². The molecule has 1 aliphatic heterocycles. The molecule has 1 saturated heterocycles. The number of nitrogens with zero attached hydrogens (tertiary/aromatic N) is 4. The number of benzene rings is 1. The molecule has 1 unspecified atom stereocenters. The van der Waals surface area contributed by atoms with E-state index < -0.39 is 17.5 Å². The molecular formula is C25H31ClN6O2. The third-order valence-electron chi connectivity index (χ3n) is 6.00. The van der Waals surface area contributed by atoms with Crippen molar-refractivity contribution < 1.29 is 9.59 Å². The molecule has 1 aromatic carbocycles. The van der Waals surface area contributed by atoms with Gasteiger partial charge < -0.3 is 20.4 Å². The normalized spacial score (nSPS) is 15.3. The van der Waals surface area contributed by atoms with Gasteiger partial charge in [0, 0.05) is 43.1 Å². The number of rotatable bonds is 4. The second-order valence-corrected chi connectivity index (χ2v) is 10.1. The van der Waals surface area contributed by atoms with Gasteiger partial charge in [-0.25, -0.2) is 9.78 Å². The van der Waals surface area contributed by atoms with Gasteiger partial charge in [-0.15, -0.1) is 0 Å². The van der Waals surface area contributed by atoms with E-state index in [1.165, 1.54) is 0 Å². The summed E-state index contributed by atoms with van der Waals surface area (Å²) in [4.78, 5) is 34.8. The number of urea groups is 1. The molecule has 3 aromatic rings. The second kappa shape index (κ2) is 9.54. The Bertz CT molecular complexity index is 1180. The van der Waals surface area contributed by atoms with Crippen LogP contribution in [-0.4, -0.2) is 58.4 Å². The largest absolute Gasteiger partial charge is 0.354 e. The fourth-order valence-electron chi connectivity index (χ4n) is 4.19. The molecule has 0 aliphatic carbocycles. The molecule has 34 heavy (non-hydrogen) atoms. The predicted octanol–water partition coefficient (Wildman–Crippen LogP) is 4.18. The van der Waals surface area contributed by atoms with Gasteiger partial charge in [-0.05, 0) is 48.7 Å². The number of fused-ring (bicyclic) bond motifs is 1. The van der Waals surface area contributed by atoms with Gasteiger partial charge in [-0.3, -0.25) is 9.20 Å². The molecule has 0 bridgehead atoms. The van der Waals surface area contributed by atoms with Gasteiger partial charge in [-0.1, -0.05) is 38.4 Å². The van der Waals surface area contributed by atoms with E-state index in [1.807, 2.05) is 50.9 Å². The van der Waals surface area contributed by atoms with Crippen LogP contribution in [0.2, 0.25) is 5.02 Å². The number of halogens is 1. The summed E-state index contributed by atoms with van der Waals surface area (Å²) in [6.07, 6.45) is 2.03. The summed E-state index contributed by atoms with van der Waals surface area (Å²) >= 11 is 5.91. The maximum absolute atomic E-state index is 13.5. The first-order chi connectivity index (χ1) is 16.1. The zero-order chi connectivity index (χ0) is 24.5. The number of aryl methyl sites for hydroxylation is 1. The van der Waals surface area contributed by atoms with Crippen LogP contribution < -0.4 is 15.5 Å². The lowest BCUT2D eigenvalue weighted by Gasteiger charge is -2.40. The molecule has 2 N–H and O–H groups in total. The van der Waals surface area contributed by atoms with Gasteiger partial charge in [0.2, 0.25) is 5.91 Å². The first-order valence-electron chi connectivity index (χ1n) is 11.4. The van der Waals surface area contributed by atoms with Crippen molar-refractivity contribution in [3.8, 4) is 0 Å². The Labute approximate surface area is 204 Å². The number of piperazine rings is 1. The molecular weight excluding hydrogens is 452 g/mol. The maximum Gasteiger partial charge on any atom is 0.319 e. The van der Waals surface area contributed by atoms with Crippen molar-refractivity contribution in [2.45, 2.75) is 33.7 Å². The summed E-state index contributed by atoms with van der Waals surface area (Å²) in [6, 6.07) is 11.8. The van der Waals surface area contributed by atoms with Crippen LogP contribution in [0.15, 0.2) is 48.7 Å². The number of carbonyl (C=O) groups excluding carboxylic acids is 2. The Morgan fingerprint density at radius 3 is 2.35 bits per heavy atom. The van der Waals surface area contributed by atoms with Crippen LogP contribution in [0.1, 0.15) is 26.5 Å². The van der Waals surface area contributed by atoms with E-state index in [0.29, 0.717) is 36.9 Å². The van der Waals surface area contributed by atoms with E-state index in [4.69, 9.17) is 11.6 Å². The Morgan fingerprint density at radius 1 is 1.03 bits per heavy atom. The molecule has 1 atom stereocenters. The number of imidazole rings is 1. The summed E-state index contributed by atoms with van der Waals surface area (Å²) in [5.74, 6) is 0.994. The Kier molecular flexibility index (Phi) is 6.70. The number of amides is 3. The number of pyridine rings is 1. The van der Waals surface area contributed by atoms with Gasteiger partial charge in [0.05, 0.1) is 5.69 Å². The number of aromatic nitrogens is 2. The zero-order valence-corrected chi connectivity index (χ0v) is 20.8. The van der Waals surface area contributed by atoms with Crippen molar-refractivity contribution in [2.75, 3.05) is 36.4 Å². The molecule has 180 valence electrons. The molecule has 1 aliphatic rings. The van der Waals surface area contributed by atoms with Gasteiger partial charge in [-0.2, -0.15) is 0 Å². The zero-order valence-electron chi connectivity index (χ0n) is 20.0. The first-order valence-corrected chi connectivity index (χ1v) is 11.8. The topological polar surface area (TPSA) is 82.0 Å². The van der Waals surface area contributed by atoms with Crippen molar-refractivity contribution in [3.63, 3.8) is 0 Å². The van der Waals surface area contributed by atoms with Crippen molar-refractivity contribution in [3.05, 3.63) is 59.4 Å². The minimum atomic E-state index is -0.661. The third kappa shape index (κ3) is 5.28. The summed E-state index contributed by atoms with van der Waals surface area (Å²) in [6.45, 7) is 10.4. The molecule has 3 heterocycles. The smallest absolute Gasteiger partial charge is 0.319 e. The van der Waals surface area contributed by atoms with Crippen molar-refractivity contribution in [1.82, 2.24) is 19.6 Å². The van der Waals surface area contributed by atoms with Crippen LogP contribution in [0.3, 0.4) is 0 Å². The number of hydrogen-bond acceptors (Lipinski definition) is 4. The average molecular weight is 483 g/mol. The third-order valence-corrected chi connectivity index (χ3v) is 6.25. The van der Waals surface area contributed by atoms with Crippen LogP contribution in [0, 0.1) is 12.3 Å². The van der Waals surface area contributed by atoms with Gasteiger partial charge >= 0.3 is 6.03 Å². The van der Waals surface area contributed by atoms with Crippen molar-refractivity contribution in [2.24, 2.45) is 5.41 Å². The van der Waals surface area contributed by atoms with E-state index in [9.17, 15) is 9.59 Å². The maximum atomic E-state index is 13.5. The lowest BCUT2D eigenvalue weighted by molar-refractivity contribution is -0.136. The highest BCUT2D eigenvalue weighted by Crippen LogP contribution is 2.24. The second-order valence-electron chi connectivity index (χ2n) is 9.71. The summed E-state index contributed by atoms with van der Waals surface area (Å²) < 4.78 is 2.09. The molecule has 1 fully saturated rings. The van der Waals surface area contributed by atoms with Crippen LogP contribution >= 0.6 is 11.6 Å². The molecule has 0 radical (unpaired) electrons.